The number of amides is 1. The Kier molecular flexibility index (Phi) is 4.29. The minimum absolute atomic E-state index is 0.200. The van der Waals surface area contributed by atoms with Crippen molar-refractivity contribution in [3.05, 3.63) is 60.3 Å². The van der Waals surface area contributed by atoms with Gasteiger partial charge in [0.25, 0.3) is 0 Å². The van der Waals surface area contributed by atoms with E-state index >= 15 is 0 Å². The average Bonchev–Trinajstić information content (AvgIpc) is 3.61. The number of nitrogens with one attached hydrogen (secondary N) is 1. The van der Waals surface area contributed by atoms with Gasteiger partial charge in [0.2, 0.25) is 5.91 Å². The van der Waals surface area contributed by atoms with Gasteiger partial charge >= 0.3 is 0 Å². The van der Waals surface area contributed by atoms with Gasteiger partial charge in [-0.25, -0.2) is 4.68 Å². The van der Waals surface area contributed by atoms with Crippen molar-refractivity contribution in [3.8, 4) is 16.9 Å². The van der Waals surface area contributed by atoms with Gasteiger partial charge in [-0.15, -0.1) is 0 Å². The van der Waals surface area contributed by atoms with Crippen LogP contribution < -0.4 is 10.2 Å². The molecule has 2 saturated heterocycles. The van der Waals surface area contributed by atoms with E-state index in [4.69, 9.17) is 0 Å². The molecule has 6 nitrogen and oxygen atoms in total. The van der Waals surface area contributed by atoms with Gasteiger partial charge in [0.05, 0.1) is 34.4 Å². The Morgan fingerprint density at radius 2 is 1.76 bits per heavy atom. The van der Waals surface area contributed by atoms with Crippen LogP contribution in [0.2, 0.25) is 0 Å². The molecule has 1 N–H and O–H groups in total. The second-order valence-corrected chi connectivity index (χ2v) is 11.0. The lowest BCUT2D eigenvalue weighted by Crippen LogP contribution is -2.57. The van der Waals surface area contributed by atoms with E-state index in [9.17, 15) is 4.79 Å². The highest BCUT2D eigenvalue weighted by molar-refractivity contribution is 6.10. The first-order valence-electron chi connectivity index (χ1n) is 12.6. The number of rotatable bonds is 3. The summed E-state index contributed by atoms with van der Waals surface area (Å²) in [7, 11) is 2.23. The van der Waals surface area contributed by atoms with Crippen molar-refractivity contribution in [1.82, 2.24) is 14.7 Å². The van der Waals surface area contributed by atoms with E-state index < -0.39 is 0 Å². The van der Waals surface area contributed by atoms with Crippen LogP contribution in [-0.2, 0) is 10.2 Å². The molecule has 1 aromatic heterocycles. The molecule has 0 radical (unpaired) electrons. The van der Waals surface area contributed by atoms with E-state index in [1.54, 1.807) is 0 Å². The van der Waals surface area contributed by atoms with Crippen LogP contribution >= 0.6 is 0 Å². The van der Waals surface area contributed by atoms with Crippen molar-refractivity contribution < 1.29 is 4.79 Å². The molecule has 1 aliphatic carbocycles. The molecule has 2 spiro atoms. The minimum atomic E-state index is -0.367. The maximum atomic E-state index is 13.4. The molecule has 2 aromatic carbocycles. The number of benzene rings is 2. The lowest BCUT2D eigenvalue weighted by atomic mass is 9.77. The first-order chi connectivity index (χ1) is 16.6. The van der Waals surface area contributed by atoms with Crippen molar-refractivity contribution in [1.29, 1.82) is 0 Å². The summed E-state index contributed by atoms with van der Waals surface area (Å²) < 4.78 is 2.01. The number of carbonyl (C=O) groups is 1. The molecule has 0 atom stereocenters. The van der Waals surface area contributed by atoms with Crippen LogP contribution in [0, 0.1) is 5.41 Å². The number of carbonyl (C=O) groups excluding carboxylic acids is 1. The number of para-hydroxylation sites is 1. The maximum Gasteiger partial charge on any atom is 0.235 e. The number of fused-ring (bicyclic) bond motifs is 2. The molecule has 6 heteroatoms. The molecule has 3 aromatic rings. The third-order valence-electron chi connectivity index (χ3n) is 8.73. The predicted octanol–water partition coefficient (Wildman–Crippen LogP) is 4.45. The minimum Gasteiger partial charge on any atom is -0.368 e. The van der Waals surface area contributed by atoms with Crippen molar-refractivity contribution >= 4 is 17.3 Å². The first-order valence-corrected chi connectivity index (χ1v) is 12.6. The largest absolute Gasteiger partial charge is 0.368 e. The van der Waals surface area contributed by atoms with Gasteiger partial charge in [-0.3, -0.25) is 4.79 Å². The molecule has 0 unspecified atom stereocenters. The Labute approximate surface area is 200 Å². The molecule has 174 valence electrons. The number of anilines is 2. The quantitative estimate of drug-likeness (QED) is 0.637. The van der Waals surface area contributed by atoms with E-state index in [1.807, 2.05) is 29.1 Å². The third-order valence-corrected chi connectivity index (χ3v) is 8.73. The van der Waals surface area contributed by atoms with Crippen molar-refractivity contribution in [2.24, 2.45) is 5.41 Å². The summed E-state index contributed by atoms with van der Waals surface area (Å²) >= 11 is 0. The fourth-order valence-corrected chi connectivity index (χ4v) is 7.01. The Hall–Kier alpha value is -3.12. The molecule has 7 rings (SSSR count). The van der Waals surface area contributed by atoms with Crippen LogP contribution in [-0.4, -0.2) is 53.8 Å². The van der Waals surface area contributed by atoms with Crippen molar-refractivity contribution in [2.45, 2.75) is 37.5 Å². The van der Waals surface area contributed by atoms with Crippen molar-refractivity contribution in [2.75, 3.05) is 43.4 Å². The van der Waals surface area contributed by atoms with Gasteiger partial charge in [-0.05, 0) is 68.8 Å². The number of likely N-dealkylation sites (tertiary alicyclic amines) is 1. The fraction of sp³-hybridized carbons (Fsp3) is 0.429. The zero-order valence-electron chi connectivity index (χ0n) is 19.8. The molecule has 4 heterocycles. The third kappa shape index (κ3) is 2.84. The summed E-state index contributed by atoms with van der Waals surface area (Å²) in [6, 6.07) is 16.9. The molecule has 0 bridgehead atoms. The van der Waals surface area contributed by atoms with Crippen LogP contribution in [0.25, 0.3) is 16.9 Å². The number of hydrogen-bond acceptors (Lipinski definition) is 4. The van der Waals surface area contributed by atoms with Crippen LogP contribution in [0.4, 0.5) is 11.4 Å². The molecule has 3 aliphatic heterocycles. The second-order valence-electron chi connectivity index (χ2n) is 11.0. The average molecular weight is 454 g/mol. The Morgan fingerprint density at radius 1 is 0.971 bits per heavy atom. The number of aromatic nitrogens is 2. The lowest BCUT2D eigenvalue weighted by molar-refractivity contribution is -0.120. The van der Waals surface area contributed by atoms with Crippen LogP contribution in [0.15, 0.2) is 54.7 Å². The Morgan fingerprint density at radius 3 is 2.50 bits per heavy atom. The smallest absolute Gasteiger partial charge is 0.235 e. The highest BCUT2D eigenvalue weighted by Gasteiger charge is 2.52. The maximum absolute atomic E-state index is 13.4. The summed E-state index contributed by atoms with van der Waals surface area (Å²) in [5, 5.41) is 7.99. The van der Waals surface area contributed by atoms with Gasteiger partial charge in [-0.1, -0.05) is 31.0 Å². The molecule has 1 saturated carbocycles. The molecule has 1 amide bonds. The highest BCUT2D eigenvalue weighted by atomic mass is 16.2. The predicted molar refractivity (Wildman–Crippen MR) is 135 cm³/mol. The summed E-state index contributed by atoms with van der Waals surface area (Å²) in [6.07, 6.45) is 7.26. The van der Waals surface area contributed by atoms with E-state index in [0.29, 0.717) is 5.41 Å². The molecular formula is C28H31N5O. The monoisotopic (exact) mass is 453 g/mol. The molecule has 3 fully saturated rings. The first kappa shape index (κ1) is 20.3. The van der Waals surface area contributed by atoms with Crippen LogP contribution in [0.5, 0.6) is 0 Å². The normalized spacial score (nSPS) is 22.4. The second kappa shape index (κ2) is 7.19. The molecule has 34 heavy (non-hydrogen) atoms. The van der Waals surface area contributed by atoms with E-state index in [0.717, 1.165) is 61.4 Å². The van der Waals surface area contributed by atoms with Crippen LogP contribution in [0.1, 0.15) is 37.7 Å². The van der Waals surface area contributed by atoms with Crippen molar-refractivity contribution in [3.63, 3.8) is 0 Å². The SMILES string of the molecule is CN1CCC2(C1)CN(c1cc(-c3ccnn3-c3ccccc3)cc3c1NC(=O)C31CCCC1)C2. The van der Waals surface area contributed by atoms with Gasteiger partial charge in [-0.2, -0.15) is 5.10 Å². The standard InChI is InChI=1S/C28H31N5O/c1-31-14-12-27(17-31)18-32(19-27)24-16-20(23-9-13-29-33(23)21-7-3-2-4-8-21)15-22-25(24)30-26(34)28(22)10-5-6-11-28/h2-4,7-9,13,15-16H,5-6,10-12,14,17-19H2,1H3,(H,30,34). The zero-order valence-corrected chi connectivity index (χ0v) is 19.8. The zero-order chi connectivity index (χ0) is 22.9. The Balaban J connectivity index is 1.35. The summed E-state index contributed by atoms with van der Waals surface area (Å²) in [4.78, 5) is 18.3. The summed E-state index contributed by atoms with van der Waals surface area (Å²) in [5.74, 6) is 0.200. The summed E-state index contributed by atoms with van der Waals surface area (Å²) in [6.45, 7) is 4.48. The fourth-order valence-electron chi connectivity index (χ4n) is 7.01. The lowest BCUT2D eigenvalue weighted by Gasteiger charge is -2.50. The topological polar surface area (TPSA) is 53.4 Å². The van der Waals surface area contributed by atoms with Gasteiger partial charge in [0.15, 0.2) is 0 Å². The van der Waals surface area contributed by atoms with Gasteiger partial charge in [0.1, 0.15) is 0 Å². The number of hydrogen-bond donors (Lipinski definition) is 1. The van der Waals surface area contributed by atoms with E-state index in [2.05, 4.69) is 57.6 Å². The number of nitrogens with zero attached hydrogens (tertiary/aromatic N) is 4. The highest BCUT2D eigenvalue weighted by Crippen LogP contribution is 2.54. The van der Waals surface area contributed by atoms with E-state index in [1.165, 1.54) is 30.8 Å². The molecular weight excluding hydrogens is 422 g/mol. The Bertz CT molecular complexity index is 1270. The van der Waals surface area contributed by atoms with Gasteiger partial charge < -0.3 is 15.1 Å². The van der Waals surface area contributed by atoms with Gasteiger partial charge in [0, 0.05) is 30.6 Å². The van der Waals surface area contributed by atoms with E-state index in [-0.39, 0.29) is 11.3 Å². The summed E-state index contributed by atoms with van der Waals surface area (Å²) in [5.41, 5.74) is 6.73. The van der Waals surface area contributed by atoms with Crippen LogP contribution in [0.3, 0.4) is 0 Å². The molecule has 4 aliphatic rings.